The first-order valence-corrected chi connectivity index (χ1v) is 10.9. The first kappa shape index (κ1) is 22.2. The van der Waals surface area contributed by atoms with Crippen LogP contribution in [-0.2, 0) is 16.1 Å². The number of hydrogen-bond acceptors (Lipinski definition) is 8. The number of pyridine rings is 1. The molecule has 1 aromatic carbocycles. The summed E-state index contributed by atoms with van der Waals surface area (Å²) >= 11 is 1.63. The second-order valence-corrected chi connectivity index (χ2v) is 8.12. The smallest absolute Gasteiger partial charge is 0.344 e. The molecule has 0 bridgehead atoms. The normalized spacial score (nSPS) is 11.1. The lowest BCUT2D eigenvalue weighted by Crippen LogP contribution is -2.11. The second kappa shape index (κ2) is 9.66. The average molecular weight is 464 g/mol. The van der Waals surface area contributed by atoms with Gasteiger partial charge in [0.1, 0.15) is 0 Å². The minimum atomic E-state index is -0.544. The molecule has 9 heteroatoms. The molecule has 0 spiro atoms. The summed E-state index contributed by atoms with van der Waals surface area (Å²) < 4.78 is 17.4. The molecule has 4 aromatic rings. The van der Waals surface area contributed by atoms with Crippen molar-refractivity contribution in [1.82, 2.24) is 14.8 Å². The summed E-state index contributed by atoms with van der Waals surface area (Å²) in [4.78, 5) is 30.1. The molecule has 0 amide bonds. The summed E-state index contributed by atoms with van der Waals surface area (Å²) in [7, 11) is 2.78. The van der Waals surface area contributed by atoms with Gasteiger partial charge in [-0.2, -0.15) is 5.10 Å². The standard InChI is InChI=1S/C24H21N3O5S/c1-15-11-18(19-13-25-27(23(19)26-15)14-17-5-4-10-33-17)24(29)32-20-8-6-16(12-21(20)30-2)7-9-22(28)31-3/h4-13H,14H2,1-3H3/b9-7+. The number of carbonyl (C=O) groups excluding carboxylic acids is 2. The van der Waals surface area contributed by atoms with E-state index in [-0.39, 0.29) is 5.75 Å². The molecular formula is C24H21N3O5S. The molecule has 0 atom stereocenters. The third-order valence-electron chi connectivity index (χ3n) is 4.85. The van der Waals surface area contributed by atoms with Gasteiger partial charge in [-0.3, -0.25) is 0 Å². The summed E-state index contributed by atoms with van der Waals surface area (Å²) in [5.41, 5.74) is 2.35. The maximum atomic E-state index is 13.1. The molecule has 0 unspecified atom stereocenters. The summed E-state index contributed by atoms with van der Waals surface area (Å²) in [6.45, 7) is 2.39. The summed E-state index contributed by atoms with van der Waals surface area (Å²) in [6.07, 6.45) is 4.51. The van der Waals surface area contributed by atoms with Crippen LogP contribution in [0.25, 0.3) is 17.1 Å². The minimum absolute atomic E-state index is 0.256. The Kier molecular flexibility index (Phi) is 6.50. The van der Waals surface area contributed by atoms with Crippen molar-refractivity contribution < 1.29 is 23.8 Å². The second-order valence-electron chi connectivity index (χ2n) is 7.09. The number of ether oxygens (including phenoxy) is 3. The number of nitrogens with zero attached hydrogens (tertiary/aromatic N) is 3. The minimum Gasteiger partial charge on any atom is -0.493 e. The molecule has 0 saturated carbocycles. The van der Waals surface area contributed by atoms with Crippen molar-refractivity contribution in [3.05, 3.63) is 75.7 Å². The van der Waals surface area contributed by atoms with Crippen molar-refractivity contribution in [3.63, 3.8) is 0 Å². The number of aryl methyl sites for hydroxylation is 1. The lowest BCUT2D eigenvalue weighted by Gasteiger charge is -2.11. The molecule has 33 heavy (non-hydrogen) atoms. The van der Waals surface area contributed by atoms with Gasteiger partial charge in [-0.25, -0.2) is 19.3 Å². The van der Waals surface area contributed by atoms with Crippen LogP contribution in [0.1, 0.15) is 26.5 Å². The van der Waals surface area contributed by atoms with E-state index in [9.17, 15) is 9.59 Å². The molecule has 3 heterocycles. The number of esters is 2. The quantitative estimate of drug-likeness (QED) is 0.230. The Labute approximate surface area is 194 Å². The number of carbonyl (C=O) groups is 2. The van der Waals surface area contributed by atoms with Crippen LogP contribution in [0.3, 0.4) is 0 Å². The average Bonchev–Trinajstić information content (AvgIpc) is 3.48. The zero-order valence-corrected chi connectivity index (χ0v) is 19.1. The Hall–Kier alpha value is -3.98. The third kappa shape index (κ3) is 4.93. The van der Waals surface area contributed by atoms with E-state index < -0.39 is 11.9 Å². The molecular weight excluding hydrogens is 442 g/mol. The number of aromatic nitrogens is 3. The number of hydrogen-bond donors (Lipinski definition) is 0. The maximum Gasteiger partial charge on any atom is 0.344 e. The first-order chi connectivity index (χ1) is 16.0. The van der Waals surface area contributed by atoms with Crippen molar-refractivity contribution in [2.45, 2.75) is 13.5 Å². The van der Waals surface area contributed by atoms with Crippen LogP contribution in [-0.4, -0.2) is 40.9 Å². The van der Waals surface area contributed by atoms with Crippen molar-refractivity contribution >= 4 is 40.4 Å². The van der Waals surface area contributed by atoms with Gasteiger partial charge in [-0.15, -0.1) is 11.3 Å². The van der Waals surface area contributed by atoms with Crippen LogP contribution >= 0.6 is 11.3 Å². The van der Waals surface area contributed by atoms with Crippen molar-refractivity contribution in [2.24, 2.45) is 0 Å². The number of benzene rings is 1. The SMILES string of the molecule is COC(=O)/C=C/c1ccc(OC(=O)c2cc(C)nc3c2cnn3Cc2cccs2)c(OC)c1. The van der Waals surface area contributed by atoms with Gasteiger partial charge in [-0.05, 0) is 48.2 Å². The van der Waals surface area contributed by atoms with Gasteiger partial charge in [0.25, 0.3) is 0 Å². The number of rotatable bonds is 7. The van der Waals surface area contributed by atoms with Crippen LogP contribution < -0.4 is 9.47 Å². The topological polar surface area (TPSA) is 92.5 Å². The van der Waals surface area contributed by atoms with E-state index >= 15 is 0 Å². The fraction of sp³-hybridized carbons (Fsp3) is 0.167. The molecule has 0 aliphatic heterocycles. The van der Waals surface area contributed by atoms with Gasteiger partial charge in [-0.1, -0.05) is 12.1 Å². The highest BCUT2D eigenvalue weighted by Crippen LogP contribution is 2.30. The van der Waals surface area contributed by atoms with Crippen molar-refractivity contribution in [3.8, 4) is 11.5 Å². The molecule has 0 aliphatic rings. The van der Waals surface area contributed by atoms with E-state index in [0.717, 1.165) is 4.88 Å². The predicted octanol–water partition coefficient (Wildman–Crippen LogP) is 4.26. The van der Waals surface area contributed by atoms with Crippen LogP contribution in [0.15, 0.2) is 54.1 Å². The van der Waals surface area contributed by atoms with Gasteiger partial charge in [0.15, 0.2) is 17.1 Å². The van der Waals surface area contributed by atoms with Gasteiger partial charge in [0.05, 0.1) is 37.9 Å². The van der Waals surface area contributed by atoms with Crippen molar-refractivity contribution in [2.75, 3.05) is 14.2 Å². The molecule has 8 nitrogen and oxygen atoms in total. The molecule has 3 aromatic heterocycles. The first-order valence-electron chi connectivity index (χ1n) is 10.00. The lowest BCUT2D eigenvalue weighted by molar-refractivity contribution is -0.134. The van der Waals surface area contributed by atoms with E-state index in [4.69, 9.17) is 9.47 Å². The van der Waals surface area contributed by atoms with E-state index in [0.29, 0.717) is 40.1 Å². The summed E-state index contributed by atoms with van der Waals surface area (Å²) in [5.74, 6) is -0.407. The fourth-order valence-corrected chi connectivity index (χ4v) is 3.95. The van der Waals surface area contributed by atoms with E-state index in [1.165, 1.54) is 20.3 Å². The maximum absolute atomic E-state index is 13.1. The Balaban J connectivity index is 1.62. The Morgan fingerprint density at radius 3 is 2.73 bits per heavy atom. The lowest BCUT2D eigenvalue weighted by atomic mass is 10.1. The molecule has 0 N–H and O–H groups in total. The molecule has 0 fully saturated rings. The fourth-order valence-electron chi connectivity index (χ4n) is 3.27. The van der Waals surface area contributed by atoms with Gasteiger partial charge < -0.3 is 14.2 Å². The molecule has 0 saturated heterocycles. The summed E-state index contributed by atoms with van der Waals surface area (Å²) in [5, 5.41) is 7.05. The third-order valence-corrected chi connectivity index (χ3v) is 5.71. The monoisotopic (exact) mass is 463 g/mol. The largest absolute Gasteiger partial charge is 0.493 e. The van der Waals surface area contributed by atoms with E-state index in [1.54, 1.807) is 52.6 Å². The number of thiophene rings is 1. The Morgan fingerprint density at radius 2 is 2.00 bits per heavy atom. The molecule has 0 radical (unpaired) electrons. The van der Waals surface area contributed by atoms with Gasteiger partial charge in [0, 0.05) is 16.6 Å². The molecule has 168 valence electrons. The zero-order chi connectivity index (χ0) is 23.4. The number of fused-ring (bicyclic) bond motifs is 1. The van der Waals surface area contributed by atoms with Crippen LogP contribution in [0.4, 0.5) is 0 Å². The van der Waals surface area contributed by atoms with E-state index in [1.807, 2.05) is 24.4 Å². The van der Waals surface area contributed by atoms with Gasteiger partial charge >= 0.3 is 11.9 Å². The Bertz CT molecular complexity index is 1340. The van der Waals surface area contributed by atoms with Crippen LogP contribution in [0, 0.1) is 6.92 Å². The highest BCUT2D eigenvalue weighted by molar-refractivity contribution is 7.09. The zero-order valence-electron chi connectivity index (χ0n) is 18.3. The predicted molar refractivity (Wildman–Crippen MR) is 125 cm³/mol. The highest BCUT2D eigenvalue weighted by Gasteiger charge is 2.19. The van der Waals surface area contributed by atoms with Crippen LogP contribution in [0.2, 0.25) is 0 Å². The summed E-state index contributed by atoms with van der Waals surface area (Å²) in [6, 6.07) is 10.7. The molecule has 4 rings (SSSR count). The van der Waals surface area contributed by atoms with Crippen molar-refractivity contribution in [1.29, 1.82) is 0 Å². The molecule has 0 aliphatic carbocycles. The highest BCUT2D eigenvalue weighted by atomic mass is 32.1. The Morgan fingerprint density at radius 1 is 1.15 bits per heavy atom. The number of methoxy groups -OCH3 is 2. The van der Waals surface area contributed by atoms with E-state index in [2.05, 4.69) is 14.8 Å². The van der Waals surface area contributed by atoms with Crippen LogP contribution in [0.5, 0.6) is 11.5 Å². The van der Waals surface area contributed by atoms with Gasteiger partial charge in [0.2, 0.25) is 0 Å².